The van der Waals surface area contributed by atoms with Crippen molar-refractivity contribution < 1.29 is 13.2 Å². The maximum absolute atomic E-state index is 14.4. The Kier molecular flexibility index (Phi) is 10.8. The monoisotopic (exact) mass is 557 g/mol. The summed E-state index contributed by atoms with van der Waals surface area (Å²) in [6.45, 7) is 13.2. The number of unbranched alkanes of at least 4 members (excludes halogenated alkanes) is 6. The molecule has 1 saturated carbocycles. The highest BCUT2D eigenvalue weighted by Gasteiger charge is 2.40. The summed E-state index contributed by atoms with van der Waals surface area (Å²) in [6.07, 6.45) is 11.7. The first kappa shape index (κ1) is 30.7. The van der Waals surface area contributed by atoms with Gasteiger partial charge in [0.15, 0.2) is 0 Å². The molecule has 2 aromatic rings. The Balaban J connectivity index is 1.40. The van der Waals surface area contributed by atoms with Gasteiger partial charge in [-0.2, -0.15) is 13.2 Å². The molecule has 1 aliphatic heterocycles. The van der Waals surface area contributed by atoms with Crippen LogP contribution in [-0.4, -0.2) is 35.3 Å². The van der Waals surface area contributed by atoms with E-state index in [9.17, 15) is 13.2 Å². The van der Waals surface area contributed by atoms with Crippen LogP contribution in [0.15, 0.2) is 29.5 Å². The van der Waals surface area contributed by atoms with Crippen molar-refractivity contribution in [3.63, 3.8) is 0 Å². The molecule has 1 fully saturated rings. The molecular formula is C34H50F3N3. The third-order valence-electron chi connectivity index (χ3n) is 8.85. The largest absolute Gasteiger partial charge is 0.417 e. The van der Waals surface area contributed by atoms with Crippen LogP contribution < -0.4 is 5.32 Å². The van der Waals surface area contributed by atoms with Gasteiger partial charge in [-0.1, -0.05) is 52.9 Å². The number of benzene rings is 1. The van der Waals surface area contributed by atoms with Gasteiger partial charge < -0.3 is 14.8 Å². The van der Waals surface area contributed by atoms with Crippen LogP contribution in [0.2, 0.25) is 0 Å². The molecule has 0 bridgehead atoms. The first-order valence-electron chi connectivity index (χ1n) is 15.9. The number of anilines is 1. The summed E-state index contributed by atoms with van der Waals surface area (Å²) >= 11 is 0. The number of alkyl halides is 3. The summed E-state index contributed by atoms with van der Waals surface area (Å²) in [5.41, 5.74) is 5.26. The zero-order valence-electron chi connectivity index (χ0n) is 25.3. The van der Waals surface area contributed by atoms with Crippen LogP contribution in [0, 0.1) is 6.92 Å². The summed E-state index contributed by atoms with van der Waals surface area (Å²) in [5.74, 6) is 0. The zero-order chi connectivity index (χ0) is 28.7. The van der Waals surface area contributed by atoms with Crippen LogP contribution >= 0.6 is 0 Å². The van der Waals surface area contributed by atoms with E-state index >= 15 is 0 Å². The second-order valence-corrected chi connectivity index (χ2v) is 11.8. The minimum atomic E-state index is -4.40. The highest BCUT2D eigenvalue weighted by atomic mass is 19.4. The van der Waals surface area contributed by atoms with Crippen molar-refractivity contribution in [2.24, 2.45) is 0 Å². The minimum Gasteiger partial charge on any atom is -0.355 e. The van der Waals surface area contributed by atoms with Crippen molar-refractivity contribution in [1.82, 2.24) is 9.47 Å². The Labute approximate surface area is 239 Å². The fraction of sp³-hybridized carbons (Fsp3) is 0.647. The molecule has 1 aromatic carbocycles. The van der Waals surface area contributed by atoms with Gasteiger partial charge in [-0.05, 0) is 107 Å². The second kappa shape index (κ2) is 14.1. The maximum Gasteiger partial charge on any atom is 0.417 e. The molecule has 1 aromatic heterocycles. The topological polar surface area (TPSA) is 20.2 Å². The fourth-order valence-corrected chi connectivity index (χ4v) is 6.68. The van der Waals surface area contributed by atoms with Crippen LogP contribution in [0.3, 0.4) is 0 Å². The van der Waals surface area contributed by atoms with Crippen LogP contribution in [0.4, 0.5) is 18.9 Å². The number of aryl methyl sites for hydroxylation is 2. The van der Waals surface area contributed by atoms with Gasteiger partial charge in [0.05, 0.1) is 5.57 Å². The number of halogens is 3. The molecule has 4 rings (SSSR count). The Morgan fingerprint density at radius 1 is 0.875 bits per heavy atom. The fourth-order valence-electron chi connectivity index (χ4n) is 6.68. The Morgan fingerprint density at radius 3 is 2.10 bits per heavy atom. The molecule has 2 heterocycles. The smallest absolute Gasteiger partial charge is 0.355 e. The van der Waals surface area contributed by atoms with Crippen molar-refractivity contribution in [3.8, 4) is 0 Å². The van der Waals surface area contributed by atoms with Gasteiger partial charge in [0.25, 0.3) is 0 Å². The molecule has 6 heteroatoms. The highest BCUT2D eigenvalue weighted by Crippen LogP contribution is 2.48. The molecule has 1 aliphatic carbocycles. The Hall–Kier alpha value is -2.21. The van der Waals surface area contributed by atoms with Crippen LogP contribution in [0.25, 0.3) is 16.5 Å². The van der Waals surface area contributed by atoms with Gasteiger partial charge in [-0.15, -0.1) is 0 Å². The van der Waals surface area contributed by atoms with Crippen molar-refractivity contribution in [3.05, 3.63) is 46.3 Å². The molecule has 0 spiro atoms. The second-order valence-electron chi connectivity index (χ2n) is 11.8. The van der Waals surface area contributed by atoms with Gasteiger partial charge in [0.2, 0.25) is 0 Å². The average Bonchev–Trinajstić information content (AvgIpc) is 3.16. The normalized spacial score (nSPS) is 15.4. The van der Waals surface area contributed by atoms with Gasteiger partial charge in [-0.25, -0.2) is 0 Å². The summed E-state index contributed by atoms with van der Waals surface area (Å²) in [6, 6.07) is 3.91. The lowest BCUT2D eigenvalue weighted by Crippen LogP contribution is -2.26. The minimum absolute atomic E-state index is 0.330. The maximum atomic E-state index is 14.4. The predicted molar refractivity (Wildman–Crippen MR) is 164 cm³/mol. The van der Waals surface area contributed by atoms with E-state index in [1.54, 1.807) is 0 Å². The number of hydrogen-bond acceptors (Lipinski definition) is 2. The van der Waals surface area contributed by atoms with Crippen molar-refractivity contribution in [1.29, 1.82) is 0 Å². The number of hydrogen-bond donors (Lipinski definition) is 1. The molecule has 40 heavy (non-hydrogen) atoms. The lowest BCUT2D eigenvalue weighted by molar-refractivity contribution is -0.0688. The molecule has 1 N–H and O–H groups in total. The third-order valence-corrected chi connectivity index (χ3v) is 8.85. The van der Waals surface area contributed by atoms with Crippen LogP contribution in [0.5, 0.6) is 0 Å². The number of allylic oxidation sites excluding steroid dienone is 3. The number of nitrogens with zero attached hydrogens (tertiary/aromatic N) is 2. The number of rotatable bonds is 15. The third kappa shape index (κ3) is 6.98. The van der Waals surface area contributed by atoms with Gasteiger partial charge in [0, 0.05) is 40.1 Å². The summed E-state index contributed by atoms with van der Waals surface area (Å²) < 4.78 is 45.5. The quantitative estimate of drug-likeness (QED) is 0.220. The van der Waals surface area contributed by atoms with E-state index in [1.807, 2.05) is 19.1 Å². The number of nitrogens with one attached hydrogen (secondary N) is 1. The lowest BCUT2D eigenvalue weighted by atomic mass is 9.86. The molecule has 0 radical (unpaired) electrons. The Morgan fingerprint density at radius 2 is 1.52 bits per heavy atom. The molecule has 0 amide bonds. The molecule has 2 aliphatic rings. The standard InChI is InChI=1S/C34H50F3N3/c1-5-20-39(21-6-2)22-13-11-9-8-10-12-14-23-40-30(7-3)25(4)32-31(40)19-18-28-33(32)27(34(35,36)37)24-29(38-28)26-16-15-17-26/h18-19,24,38H,5-17,20-23H2,1-4H3. The first-order chi connectivity index (χ1) is 19.3. The van der Waals surface area contributed by atoms with Crippen LogP contribution in [0.1, 0.15) is 115 Å². The van der Waals surface area contributed by atoms with Crippen LogP contribution in [-0.2, 0) is 13.0 Å². The predicted octanol–water partition coefficient (Wildman–Crippen LogP) is 10.2. The SMILES string of the molecule is CCCN(CCC)CCCCCCCCCn1c(CC)c(C)c2c3c(ccc21)NC(=C1CCC1)C=C3C(F)(F)F. The molecule has 222 valence electrons. The lowest BCUT2D eigenvalue weighted by Gasteiger charge is -2.28. The molecular weight excluding hydrogens is 507 g/mol. The first-order valence-corrected chi connectivity index (χ1v) is 15.9. The number of fused-ring (bicyclic) bond motifs is 3. The molecule has 3 nitrogen and oxygen atoms in total. The van der Waals surface area contributed by atoms with E-state index in [-0.39, 0.29) is 0 Å². The van der Waals surface area contributed by atoms with E-state index in [0.29, 0.717) is 16.9 Å². The molecule has 0 unspecified atom stereocenters. The van der Waals surface area contributed by atoms with E-state index in [2.05, 4.69) is 35.6 Å². The van der Waals surface area contributed by atoms with E-state index in [0.717, 1.165) is 72.8 Å². The van der Waals surface area contributed by atoms with Crippen molar-refractivity contribution in [2.45, 2.75) is 124 Å². The number of aromatic nitrogens is 1. The van der Waals surface area contributed by atoms with E-state index in [4.69, 9.17) is 0 Å². The van der Waals surface area contributed by atoms with Gasteiger partial charge in [0.1, 0.15) is 0 Å². The Bertz CT molecular complexity index is 1190. The summed E-state index contributed by atoms with van der Waals surface area (Å²) in [5, 5.41) is 4.12. The molecule has 0 atom stereocenters. The van der Waals surface area contributed by atoms with Gasteiger partial charge >= 0.3 is 6.18 Å². The average molecular weight is 558 g/mol. The molecule has 0 saturated heterocycles. The zero-order valence-corrected chi connectivity index (χ0v) is 25.3. The highest BCUT2D eigenvalue weighted by molar-refractivity contribution is 6.04. The van der Waals surface area contributed by atoms with Crippen molar-refractivity contribution >= 4 is 22.2 Å². The van der Waals surface area contributed by atoms with E-state index in [1.165, 1.54) is 70.7 Å². The van der Waals surface area contributed by atoms with E-state index < -0.39 is 11.7 Å². The summed E-state index contributed by atoms with van der Waals surface area (Å²) in [4.78, 5) is 2.60. The summed E-state index contributed by atoms with van der Waals surface area (Å²) in [7, 11) is 0. The van der Waals surface area contributed by atoms with Gasteiger partial charge in [-0.3, -0.25) is 0 Å². The van der Waals surface area contributed by atoms with Crippen molar-refractivity contribution in [2.75, 3.05) is 25.0 Å².